The summed E-state index contributed by atoms with van der Waals surface area (Å²) in [6.45, 7) is 0. The van der Waals surface area contributed by atoms with E-state index in [9.17, 15) is 21.4 Å². The predicted molar refractivity (Wildman–Crippen MR) is 74.7 cm³/mol. The standard InChI is InChI=1S/C13H22O6S2/c14-20(15,16)9-19-21(17,18)2-1-13-6-10-3-11(7-13)5-12(4-10)8-13/h10-12H,1-9H2,(H,14,15,16)/p-1. The fourth-order valence-electron chi connectivity index (χ4n) is 5.13. The number of hydrogen-bond donors (Lipinski definition) is 0. The summed E-state index contributed by atoms with van der Waals surface area (Å²) < 4.78 is 59.2. The molecule has 0 amide bonds. The van der Waals surface area contributed by atoms with Gasteiger partial charge in [-0.2, -0.15) is 8.42 Å². The zero-order valence-corrected chi connectivity index (χ0v) is 13.5. The third kappa shape index (κ3) is 3.78. The van der Waals surface area contributed by atoms with Gasteiger partial charge in [-0.15, -0.1) is 0 Å². The number of rotatable bonds is 6. The minimum absolute atomic E-state index is 0.0987. The van der Waals surface area contributed by atoms with E-state index < -0.39 is 26.2 Å². The summed E-state index contributed by atoms with van der Waals surface area (Å²) in [4.78, 5) is 0. The van der Waals surface area contributed by atoms with E-state index in [1.807, 2.05) is 0 Å². The van der Waals surface area contributed by atoms with Crippen LogP contribution in [-0.4, -0.2) is 33.1 Å². The van der Waals surface area contributed by atoms with Crippen molar-refractivity contribution in [1.82, 2.24) is 0 Å². The first-order valence-electron chi connectivity index (χ1n) is 7.45. The van der Waals surface area contributed by atoms with Gasteiger partial charge in [-0.25, -0.2) is 8.42 Å². The lowest BCUT2D eigenvalue weighted by Gasteiger charge is -2.57. The summed E-state index contributed by atoms with van der Waals surface area (Å²) in [5.41, 5.74) is 0.0987. The van der Waals surface area contributed by atoms with Gasteiger partial charge in [0.05, 0.1) is 5.75 Å². The maximum absolute atomic E-state index is 11.7. The topological polar surface area (TPSA) is 101 Å². The highest BCUT2D eigenvalue weighted by Crippen LogP contribution is 2.61. The van der Waals surface area contributed by atoms with Crippen LogP contribution in [0.15, 0.2) is 0 Å². The average Bonchev–Trinajstić information content (AvgIpc) is 2.32. The van der Waals surface area contributed by atoms with E-state index in [1.165, 1.54) is 19.3 Å². The van der Waals surface area contributed by atoms with Crippen molar-refractivity contribution in [3.05, 3.63) is 0 Å². The summed E-state index contributed by atoms with van der Waals surface area (Å²) in [7, 11) is -8.61. The van der Waals surface area contributed by atoms with E-state index in [0.29, 0.717) is 6.42 Å². The molecule has 122 valence electrons. The third-order valence-corrected chi connectivity index (χ3v) is 7.16. The van der Waals surface area contributed by atoms with Gasteiger partial charge in [0.2, 0.25) is 0 Å². The second kappa shape index (κ2) is 5.18. The molecule has 0 radical (unpaired) electrons. The highest BCUT2D eigenvalue weighted by molar-refractivity contribution is 7.89. The number of hydrogen-bond acceptors (Lipinski definition) is 6. The molecular weight excluding hydrogens is 316 g/mol. The maximum atomic E-state index is 11.7. The molecule has 0 saturated heterocycles. The Morgan fingerprint density at radius 3 is 1.86 bits per heavy atom. The van der Waals surface area contributed by atoms with E-state index in [4.69, 9.17) is 0 Å². The van der Waals surface area contributed by atoms with Crippen molar-refractivity contribution < 1.29 is 25.6 Å². The van der Waals surface area contributed by atoms with Crippen LogP contribution in [0.2, 0.25) is 0 Å². The Bertz CT molecular complexity index is 571. The van der Waals surface area contributed by atoms with Crippen LogP contribution in [0.5, 0.6) is 0 Å². The maximum Gasteiger partial charge on any atom is 0.268 e. The summed E-state index contributed by atoms with van der Waals surface area (Å²) >= 11 is 0. The Morgan fingerprint density at radius 1 is 0.952 bits per heavy atom. The minimum Gasteiger partial charge on any atom is -0.746 e. The summed E-state index contributed by atoms with van der Waals surface area (Å²) in [6, 6.07) is 0. The van der Waals surface area contributed by atoms with Crippen LogP contribution < -0.4 is 0 Å². The van der Waals surface area contributed by atoms with E-state index in [-0.39, 0.29) is 11.2 Å². The van der Waals surface area contributed by atoms with Crippen molar-refractivity contribution in [2.75, 3.05) is 11.7 Å². The van der Waals surface area contributed by atoms with Crippen LogP contribution in [-0.2, 0) is 24.4 Å². The fourth-order valence-corrected chi connectivity index (χ4v) is 6.99. The Kier molecular flexibility index (Phi) is 3.87. The SMILES string of the molecule is O=S(=O)([O-])COS(=O)(=O)CCC12CC3CC(CC(C3)C1)C2. The highest BCUT2D eigenvalue weighted by atomic mass is 32.2. The van der Waals surface area contributed by atoms with Gasteiger partial charge in [0, 0.05) is 0 Å². The van der Waals surface area contributed by atoms with Crippen molar-refractivity contribution in [2.45, 2.75) is 44.9 Å². The molecular formula is C13H21O6S2-. The molecule has 4 rings (SSSR count). The summed E-state index contributed by atoms with van der Waals surface area (Å²) in [6.07, 6.45) is 7.67. The molecule has 8 heteroatoms. The van der Waals surface area contributed by atoms with Crippen molar-refractivity contribution in [3.8, 4) is 0 Å². The molecule has 4 aliphatic carbocycles. The lowest BCUT2D eigenvalue weighted by Crippen LogP contribution is -2.46. The zero-order chi connectivity index (χ0) is 15.3. The molecule has 0 heterocycles. The Balaban J connectivity index is 1.60. The molecule has 4 fully saturated rings. The monoisotopic (exact) mass is 337 g/mol. The quantitative estimate of drug-likeness (QED) is 0.537. The third-order valence-electron chi connectivity index (χ3n) is 5.42. The van der Waals surface area contributed by atoms with Gasteiger partial charge in [0.25, 0.3) is 10.1 Å². The first-order chi connectivity index (χ1) is 9.65. The molecule has 0 aromatic rings. The molecule has 6 nitrogen and oxygen atoms in total. The lowest BCUT2D eigenvalue weighted by atomic mass is 9.49. The summed E-state index contributed by atoms with van der Waals surface area (Å²) in [5, 5.41) is 0. The lowest BCUT2D eigenvalue weighted by molar-refractivity contribution is -0.0542. The molecule has 0 atom stereocenters. The van der Waals surface area contributed by atoms with E-state index in [0.717, 1.165) is 37.0 Å². The second-order valence-corrected chi connectivity index (χ2v) is 10.3. The van der Waals surface area contributed by atoms with Crippen molar-refractivity contribution >= 4 is 20.2 Å². The van der Waals surface area contributed by atoms with Crippen LogP contribution in [0, 0.1) is 23.2 Å². The second-order valence-electron chi connectivity index (χ2n) is 7.22. The van der Waals surface area contributed by atoms with E-state index in [2.05, 4.69) is 4.18 Å². The fraction of sp³-hybridized carbons (Fsp3) is 1.00. The van der Waals surface area contributed by atoms with Crippen LogP contribution in [0.25, 0.3) is 0 Å². The first kappa shape index (κ1) is 15.7. The molecule has 0 N–H and O–H groups in total. The Hall–Kier alpha value is -0.180. The molecule has 0 aromatic heterocycles. The molecule has 4 aliphatic rings. The Labute approximate surface area is 126 Å². The minimum atomic E-state index is -4.67. The van der Waals surface area contributed by atoms with Crippen LogP contribution in [0.4, 0.5) is 0 Å². The predicted octanol–water partition coefficient (Wildman–Crippen LogP) is 1.44. The molecule has 21 heavy (non-hydrogen) atoms. The van der Waals surface area contributed by atoms with Crippen LogP contribution in [0.3, 0.4) is 0 Å². The largest absolute Gasteiger partial charge is 0.746 e. The van der Waals surface area contributed by atoms with Gasteiger partial charge >= 0.3 is 0 Å². The normalized spacial score (nSPS) is 38.8. The first-order valence-corrected chi connectivity index (χ1v) is 10.6. The van der Waals surface area contributed by atoms with Crippen LogP contribution >= 0.6 is 0 Å². The molecule has 4 saturated carbocycles. The highest BCUT2D eigenvalue weighted by Gasteiger charge is 2.50. The van der Waals surface area contributed by atoms with Gasteiger partial charge < -0.3 is 4.55 Å². The molecule has 0 aliphatic heterocycles. The average molecular weight is 337 g/mol. The molecule has 0 unspecified atom stereocenters. The van der Waals surface area contributed by atoms with Crippen molar-refractivity contribution in [1.29, 1.82) is 0 Å². The van der Waals surface area contributed by atoms with Gasteiger partial charge in [-0.1, -0.05) is 0 Å². The van der Waals surface area contributed by atoms with Gasteiger partial charge in [0.15, 0.2) is 5.94 Å². The van der Waals surface area contributed by atoms with Gasteiger partial charge in [-0.05, 0) is 68.1 Å². The molecule has 4 bridgehead atoms. The van der Waals surface area contributed by atoms with Gasteiger partial charge in [-0.3, -0.25) is 4.18 Å². The van der Waals surface area contributed by atoms with Crippen molar-refractivity contribution in [2.24, 2.45) is 23.2 Å². The van der Waals surface area contributed by atoms with Gasteiger partial charge in [0.1, 0.15) is 10.1 Å². The van der Waals surface area contributed by atoms with Crippen molar-refractivity contribution in [3.63, 3.8) is 0 Å². The molecule has 0 aromatic carbocycles. The van der Waals surface area contributed by atoms with Crippen LogP contribution in [0.1, 0.15) is 44.9 Å². The van der Waals surface area contributed by atoms with E-state index >= 15 is 0 Å². The zero-order valence-electron chi connectivity index (χ0n) is 11.9. The molecule has 0 spiro atoms. The Morgan fingerprint density at radius 2 is 1.43 bits per heavy atom. The smallest absolute Gasteiger partial charge is 0.268 e. The summed E-state index contributed by atoms with van der Waals surface area (Å²) in [5.74, 6) is 0.732. The van der Waals surface area contributed by atoms with E-state index in [1.54, 1.807) is 0 Å².